The van der Waals surface area contributed by atoms with Crippen molar-refractivity contribution in [2.75, 3.05) is 0 Å². The molecule has 0 amide bonds. The van der Waals surface area contributed by atoms with Gasteiger partial charge in [-0.3, -0.25) is 0 Å². The Hall–Kier alpha value is -1.47. The monoisotopic (exact) mass is 226 g/mol. The third-order valence-corrected chi connectivity index (χ3v) is 3.10. The summed E-state index contributed by atoms with van der Waals surface area (Å²) in [5.41, 5.74) is 2.54. The van der Waals surface area contributed by atoms with Crippen LogP contribution in [0.5, 0.6) is 0 Å². The van der Waals surface area contributed by atoms with Crippen molar-refractivity contribution in [1.82, 2.24) is 0 Å². The molecule has 0 aliphatic rings. The predicted octanol–water partition coefficient (Wildman–Crippen LogP) is 4.76. The maximum absolute atomic E-state index is 2.14. The summed E-state index contributed by atoms with van der Waals surface area (Å²) in [6.07, 6.45) is 2.14. The lowest BCUT2D eigenvalue weighted by Gasteiger charge is -1.96. The summed E-state index contributed by atoms with van der Waals surface area (Å²) >= 11 is 1.74. The quantitative estimate of drug-likeness (QED) is 0.680. The standard InChI is InChI=1S/C15H14S/c1-13-7-9-14(10-8-13)11-12-16-15-5-3-2-4-6-15/h2-12H,1H3/b12-11+. The summed E-state index contributed by atoms with van der Waals surface area (Å²) in [7, 11) is 0. The average molecular weight is 226 g/mol. The lowest BCUT2D eigenvalue weighted by Crippen LogP contribution is -1.72. The Morgan fingerprint density at radius 1 is 0.875 bits per heavy atom. The molecular weight excluding hydrogens is 212 g/mol. The van der Waals surface area contributed by atoms with Gasteiger partial charge in [0.2, 0.25) is 0 Å². The van der Waals surface area contributed by atoms with Crippen LogP contribution < -0.4 is 0 Å². The minimum Gasteiger partial charge on any atom is -0.0981 e. The van der Waals surface area contributed by atoms with Crippen molar-refractivity contribution in [3.8, 4) is 0 Å². The lowest BCUT2D eigenvalue weighted by atomic mass is 10.2. The summed E-state index contributed by atoms with van der Waals surface area (Å²) in [5.74, 6) is 0. The molecule has 0 aromatic heterocycles. The average Bonchev–Trinajstić information content (AvgIpc) is 2.33. The Balaban J connectivity index is 1.98. The van der Waals surface area contributed by atoms with Crippen LogP contribution in [0.3, 0.4) is 0 Å². The molecule has 0 saturated carbocycles. The smallest absolute Gasteiger partial charge is 0.0116 e. The van der Waals surface area contributed by atoms with Gasteiger partial charge in [-0.15, -0.1) is 0 Å². The van der Waals surface area contributed by atoms with Crippen LogP contribution in [0, 0.1) is 6.92 Å². The van der Waals surface area contributed by atoms with Crippen LogP contribution in [0.1, 0.15) is 11.1 Å². The van der Waals surface area contributed by atoms with E-state index in [0.29, 0.717) is 0 Å². The maximum Gasteiger partial charge on any atom is 0.0116 e. The minimum absolute atomic E-state index is 1.24. The van der Waals surface area contributed by atoms with Crippen LogP contribution >= 0.6 is 11.8 Å². The van der Waals surface area contributed by atoms with Gasteiger partial charge in [-0.1, -0.05) is 59.8 Å². The van der Waals surface area contributed by atoms with E-state index in [1.54, 1.807) is 11.8 Å². The fourth-order valence-electron chi connectivity index (χ4n) is 1.37. The van der Waals surface area contributed by atoms with E-state index >= 15 is 0 Å². The van der Waals surface area contributed by atoms with Crippen molar-refractivity contribution in [2.24, 2.45) is 0 Å². The van der Waals surface area contributed by atoms with Gasteiger partial charge in [0.15, 0.2) is 0 Å². The molecule has 2 aromatic carbocycles. The van der Waals surface area contributed by atoms with E-state index in [1.165, 1.54) is 16.0 Å². The molecule has 2 aromatic rings. The first kappa shape index (κ1) is 11.0. The zero-order valence-corrected chi connectivity index (χ0v) is 10.1. The van der Waals surface area contributed by atoms with Gasteiger partial charge in [0.05, 0.1) is 0 Å². The lowest BCUT2D eigenvalue weighted by molar-refractivity contribution is 1.46. The second kappa shape index (κ2) is 5.57. The zero-order valence-electron chi connectivity index (χ0n) is 9.26. The Bertz CT molecular complexity index is 455. The van der Waals surface area contributed by atoms with E-state index in [1.807, 2.05) is 6.07 Å². The molecule has 0 saturated heterocycles. The Labute approximate surface area is 101 Å². The van der Waals surface area contributed by atoms with E-state index in [4.69, 9.17) is 0 Å². The van der Waals surface area contributed by atoms with Gasteiger partial charge in [-0.25, -0.2) is 0 Å². The van der Waals surface area contributed by atoms with Gasteiger partial charge < -0.3 is 0 Å². The van der Waals surface area contributed by atoms with Gasteiger partial charge in [0.1, 0.15) is 0 Å². The highest BCUT2D eigenvalue weighted by molar-refractivity contribution is 8.02. The molecular formula is C15H14S. The second-order valence-electron chi connectivity index (χ2n) is 3.64. The number of benzene rings is 2. The van der Waals surface area contributed by atoms with Gasteiger partial charge in [-0.05, 0) is 36.1 Å². The second-order valence-corrected chi connectivity index (χ2v) is 4.62. The topological polar surface area (TPSA) is 0 Å². The molecule has 16 heavy (non-hydrogen) atoms. The van der Waals surface area contributed by atoms with Crippen molar-refractivity contribution >= 4 is 17.8 Å². The third-order valence-electron chi connectivity index (χ3n) is 2.29. The molecule has 0 nitrogen and oxygen atoms in total. The highest BCUT2D eigenvalue weighted by Gasteiger charge is 1.88. The van der Waals surface area contributed by atoms with Gasteiger partial charge >= 0.3 is 0 Å². The molecule has 0 atom stereocenters. The Kier molecular flexibility index (Phi) is 3.84. The number of aryl methyl sites for hydroxylation is 1. The number of hydrogen-bond acceptors (Lipinski definition) is 1. The molecule has 1 heteroatoms. The van der Waals surface area contributed by atoms with Crippen LogP contribution in [0.4, 0.5) is 0 Å². The summed E-state index contributed by atoms with van der Waals surface area (Å²) in [5, 5.41) is 2.12. The summed E-state index contributed by atoms with van der Waals surface area (Å²) in [6, 6.07) is 18.9. The SMILES string of the molecule is Cc1ccc(/C=C/Sc2ccccc2)cc1. The third kappa shape index (κ3) is 3.28. The molecule has 0 fully saturated rings. The summed E-state index contributed by atoms with van der Waals surface area (Å²) in [4.78, 5) is 1.27. The van der Waals surface area contributed by atoms with Crippen molar-refractivity contribution < 1.29 is 0 Å². The maximum atomic E-state index is 2.14. The Morgan fingerprint density at radius 2 is 1.56 bits per heavy atom. The number of rotatable bonds is 3. The fraction of sp³-hybridized carbons (Fsp3) is 0.0667. The predicted molar refractivity (Wildman–Crippen MR) is 72.5 cm³/mol. The fourth-order valence-corrected chi connectivity index (χ4v) is 2.06. The van der Waals surface area contributed by atoms with E-state index in [0.717, 1.165) is 0 Å². The van der Waals surface area contributed by atoms with Crippen molar-refractivity contribution in [1.29, 1.82) is 0 Å². The minimum atomic E-state index is 1.24. The molecule has 0 radical (unpaired) electrons. The van der Waals surface area contributed by atoms with E-state index in [2.05, 4.69) is 66.9 Å². The first-order chi connectivity index (χ1) is 7.84. The molecule has 0 aliphatic heterocycles. The van der Waals surface area contributed by atoms with Gasteiger partial charge in [0, 0.05) is 4.90 Å². The van der Waals surface area contributed by atoms with Crippen molar-refractivity contribution in [3.63, 3.8) is 0 Å². The molecule has 2 rings (SSSR count). The first-order valence-corrected chi connectivity index (χ1v) is 6.17. The first-order valence-electron chi connectivity index (χ1n) is 5.29. The van der Waals surface area contributed by atoms with Gasteiger partial charge in [-0.2, -0.15) is 0 Å². The van der Waals surface area contributed by atoms with E-state index in [-0.39, 0.29) is 0 Å². The van der Waals surface area contributed by atoms with Crippen LogP contribution in [-0.2, 0) is 0 Å². The van der Waals surface area contributed by atoms with Crippen LogP contribution in [-0.4, -0.2) is 0 Å². The van der Waals surface area contributed by atoms with Crippen molar-refractivity contribution in [3.05, 3.63) is 71.1 Å². The largest absolute Gasteiger partial charge is 0.0981 e. The molecule has 80 valence electrons. The number of thioether (sulfide) groups is 1. The van der Waals surface area contributed by atoms with Gasteiger partial charge in [0.25, 0.3) is 0 Å². The van der Waals surface area contributed by atoms with Crippen LogP contribution in [0.2, 0.25) is 0 Å². The number of hydrogen-bond donors (Lipinski definition) is 0. The molecule has 0 heterocycles. The van der Waals surface area contributed by atoms with Crippen LogP contribution in [0.25, 0.3) is 6.08 Å². The summed E-state index contributed by atoms with van der Waals surface area (Å²) in [6.45, 7) is 2.10. The van der Waals surface area contributed by atoms with E-state index < -0.39 is 0 Å². The van der Waals surface area contributed by atoms with Crippen molar-refractivity contribution in [2.45, 2.75) is 11.8 Å². The molecule has 0 N–H and O–H groups in total. The Morgan fingerprint density at radius 3 is 2.25 bits per heavy atom. The highest BCUT2D eigenvalue weighted by atomic mass is 32.2. The molecule has 0 spiro atoms. The zero-order chi connectivity index (χ0) is 11.2. The normalized spacial score (nSPS) is 10.8. The summed E-state index contributed by atoms with van der Waals surface area (Å²) < 4.78 is 0. The highest BCUT2D eigenvalue weighted by Crippen LogP contribution is 2.19. The van der Waals surface area contributed by atoms with Crippen LogP contribution in [0.15, 0.2) is 64.9 Å². The molecule has 0 bridgehead atoms. The molecule has 0 unspecified atom stereocenters. The van der Waals surface area contributed by atoms with E-state index in [9.17, 15) is 0 Å². The molecule has 0 aliphatic carbocycles.